The molecule has 0 radical (unpaired) electrons. The maximum atomic E-state index is 14.1. The number of hydrogen-bond donors (Lipinski definition) is 1. The predicted molar refractivity (Wildman–Crippen MR) is 76.8 cm³/mol. The molecule has 1 aromatic heterocycles. The number of nitrogens with zero attached hydrogens (tertiary/aromatic N) is 2. The lowest BCUT2D eigenvalue weighted by molar-refractivity contribution is 0.523. The Balaban J connectivity index is 2.24. The lowest BCUT2D eigenvalue weighted by atomic mass is 9.96. The molecule has 3 nitrogen and oxygen atoms in total. The number of nitrogens with one attached hydrogen (secondary N) is 1. The quantitative estimate of drug-likeness (QED) is 0.803. The maximum absolute atomic E-state index is 14.1. The molecule has 1 N–H and O–H groups in total. The molecule has 0 fully saturated rings. The second-order valence-electron chi connectivity index (χ2n) is 4.63. The van der Waals surface area contributed by atoms with Gasteiger partial charge in [-0.05, 0) is 25.2 Å². The van der Waals surface area contributed by atoms with Crippen molar-refractivity contribution >= 4 is 11.0 Å². The van der Waals surface area contributed by atoms with E-state index in [-0.39, 0.29) is 5.56 Å². The monoisotopic (exact) mass is 285 g/mol. The average molecular weight is 285 g/mol. The fraction of sp³-hybridized carbons (Fsp3) is 0.125. The van der Waals surface area contributed by atoms with Crippen LogP contribution in [0.3, 0.4) is 0 Å². The van der Waals surface area contributed by atoms with E-state index < -0.39 is 17.7 Å². The fourth-order valence-electron chi connectivity index (χ4n) is 2.49. The first-order chi connectivity index (χ1) is 10.2. The lowest BCUT2D eigenvalue weighted by Crippen LogP contribution is -2.21. The summed E-state index contributed by atoms with van der Waals surface area (Å²) in [5.74, 6) is -1.18. The second-order valence-corrected chi connectivity index (χ2v) is 4.63. The van der Waals surface area contributed by atoms with Crippen LogP contribution in [0.25, 0.3) is 11.0 Å². The van der Waals surface area contributed by atoms with Crippen molar-refractivity contribution in [2.75, 3.05) is 7.05 Å². The molecule has 3 aromatic rings. The fourth-order valence-corrected chi connectivity index (χ4v) is 2.49. The van der Waals surface area contributed by atoms with Gasteiger partial charge in [0.25, 0.3) is 0 Å². The van der Waals surface area contributed by atoms with Crippen molar-refractivity contribution in [1.29, 1.82) is 0 Å². The summed E-state index contributed by atoms with van der Waals surface area (Å²) in [7, 11) is 1.66. The lowest BCUT2D eigenvalue weighted by Gasteiger charge is -2.19. The minimum absolute atomic E-state index is 0.0156. The van der Waals surface area contributed by atoms with Crippen LogP contribution in [0.5, 0.6) is 0 Å². The van der Waals surface area contributed by atoms with Gasteiger partial charge in [-0.15, -0.1) is 0 Å². The Labute approximate surface area is 120 Å². The third kappa shape index (κ3) is 2.36. The van der Waals surface area contributed by atoms with Crippen molar-refractivity contribution < 1.29 is 8.78 Å². The van der Waals surface area contributed by atoms with Crippen LogP contribution in [0.2, 0.25) is 0 Å². The van der Waals surface area contributed by atoms with Gasteiger partial charge in [0.05, 0.1) is 17.1 Å². The van der Waals surface area contributed by atoms with Crippen molar-refractivity contribution in [3.05, 3.63) is 71.6 Å². The van der Waals surface area contributed by atoms with Gasteiger partial charge in [0.15, 0.2) is 0 Å². The van der Waals surface area contributed by atoms with Gasteiger partial charge >= 0.3 is 0 Å². The molecular weight excluding hydrogens is 272 g/mol. The zero-order valence-corrected chi connectivity index (χ0v) is 11.3. The smallest absolute Gasteiger partial charge is 0.131 e. The Hall–Kier alpha value is -2.40. The summed E-state index contributed by atoms with van der Waals surface area (Å²) in [6.45, 7) is 0. The summed E-state index contributed by atoms with van der Waals surface area (Å²) in [6.07, 6.45) is 3.15. The number of fused-ring (bicyclic) bond motifs is 1. The first-order valence-corrected chi connectivity index (χ1v) is 6.53. The Morgan fingerprint density at radius 2 is 1.62 bits per heavy atom. The first-order valence-electron chi connectivity index (χ1n) is 6.53. The average Bonchev–Trinajstić information content (AvgIpc) is 2.51. The van der Waals surface area contributed by atoms with Crippen LogP contribution in [0.4, 0.5) is 8.78 Å². The molecule has 3 rings (SSSR count). The molecule has 5 heteroatoms. The van der Waals surface area contributed by atoms with Crippen molar-refractivity contribution in [2.45, 2.75) is 6.04 Å². The van der Waals surface area contributed by atoms with E-state index in [0.717, 1.165) is 0 Å². The molecule has 2 aromatic carbocycles. The molecule has 1 heterocycles. The highest BCUT2D eigenvalue weighted by Gasteiger charge is 2.22. The van der Waals surface area contributed by atoms with E-state index >= 15 is 0 Å². The van der Waals surface area contributed by atoms with E-state index in [1.165, 1.54) is 18.2 Å². The number of hydrogen-bond acceptors (Lipinski definition) is 3. The number of halogens is 2. The number of para-hydroxylation sites is 1. The summed E-state index contributed by atoms with van der Waals surface area (Å²) in [4.78, 5) is 8.51. The molecule has 0 bridgehead atoms. The largest absolute Gasteiger partial charge is 0.309 e. The van der Waals surface area contributed by atoms with E-state index in [1.54, 1.807) is 31.6 Å². The van der Waals surface area contributed by atoms with Gasteiger partial charge in [-0.2, -0.15) is 0 Å². The molecule has 0 aliphatic heterocycles. The minimum atomic E-state index is -0.633. The Morgan fingerprint density at radius 3 is 2.33 bits per heavy atom. The number of aromatic nitrogens is 2. The third-order valence-corrected chi connectivity index (χ3v) is 3.42. The van der Waals surface area contributed by atoms with Crippen molar-refractivity contribution in [1.82, 2.24) is 15.3 Å². The zero-order valence-electron chi connectivity index (χ0n) is 11.3. The van der Waals surface area contributed by atoms with Crippen LogP contribution < -0.4 is 5.32 Å². The zero-order chi connectivity index (χ0) is 14.8. The summed E-state index contributed by atoms with van der Waals surface area (Å²) in [5, 5.41) is 2.96. The van der Waals surface area contributed by atoms with Crippen LogP contribution in [0.15, 0.2) is 48.8 Å². The number of rotatable bonds is 3. The van der Waals surface area contributed by atoms with Crippen LogP contribution in [0.1, 0.15) is 17.2 Å². The summed E-state index contributed by atoms with van der Waals surface area (Å²) < 4.78 is 28.1. The Bertz CT molecular complexity index is 764. The molecule has 1 atom stereocenters. The Morgan fingerprint density at radius 1 is 0.952 bits per heavy atom. The first kappa shape index (κ1) is 13.6. The molecule has 106 valence electrons. The molecule has 0 aliphatic rings. The van der Waals surface area contributed by atoms with Gasteiger partial charge < -0.3 is 5.32 Å². The molecular formula is C16H13F2N3. The van der Waals surface area contributed by atoms with Crippen molar-refractivity contribution in [3.63, 3.8) is 0 Å². The van der Waals surface area contributed by atoms with Crippen molar-refractivity contribution in [2.24, 2.45) is 0 Å². The minimum Gasteiger partial charge on any atom is -0.309 e. The third-order valence-electron chi connectivity index (χ3n) is 3.42. The molecule has 0 amide bonds. The van der Waals surface area contributed by atoms with E-state index in [2.05, 4.69) is 15.3 Å². The normalized spacial score (nSPS) is 12.5. The molecule has 0 saturated heterocycles. The summed E-state index contributed by atoms with van der Waals surface area (Å²) >= 11 is 0. The predicted octanol–water partition coefficient (Wildman–Crippen LogP) is 3.22. The van der Waals surface area contributed by atoms with Gasteiger partial charge in [-0.3, -0.25) is 9.97 Å². The van der Waals surface area contributed by atoms with Gasteiger partial charge in [-0.1, -0.05) is 18.2 Å². The molecule has 1 unspecified atom stereocenters. The second kappa shape index (κ2) is 5.54. The van der Waals surface area contributed by atoms with E-state index in [4.69, 9.17) is 0 Å². The van der Waals surface area contributed by atoms with Crippen molar-refractivity contribution in [3.8, 4) is 0 Å². The molecule has 21 heavy (non-hydrogen) atoms. The van der Waals surface area contributed by atoms with Gasteiger partial charge in [-0.25, -0.2) is 8.78 Å². The molecule has 0 saturated carbocycles. The summed E-state index contributed by atoms with van der Waals surface area (Å²) in [5.41, 5.74) is 1.99. The molecule has 0 aliphatic carbocycles. The standard InChI is InChI=1S/C16H13F2N3/c1-19-16(14-11(17)5-3-6-12(14)18)10-4-2-7-13-15(10)21-9-8-20-13/h2-9,16,19H,1H3. The van der Waals surface area contributed by atoms with E-state index in [9.17, 15) is 8.78 Å². The van der Waals surface area contributed by atoms with Gasteiger partial charge in [0.1, 0.15) is 11.6 Å². The van der Waals surface area contributed by atoms with Gasteiger partial charge in [0, 0.05) is 23.5 Å². The highest BCUT2D eigenvalue weighted by atomic mass is 19.1. The maximum Gasteiger partial charge on any atom is 0.131 e. The highest BCUT2D eigenvalue weighted by Crippen LogP contribution is 2.30. The van der Waals surface area contributed by atoms with Gasteiger partial charge in [0.2, 0.25) is 0 Å². The summed E-state index contributed by atoms with van der Waals surface area (Å²) in [6, 6.07) is 8.63. The highest BCUT2D eigenvalue weighted by molar-refractivity contribution is 5.78. The van der Waals surface area contributed by atoms with Crippen LogP contribution in [-0.4, -0.2) is 17.0 Å². The topological polar surface area (TPSA) is 37.8 Å². The Kier molecular flexibility index (Phi) is 3.58. The van der Waals surface area contributed by atoms with Crippen LogP contribution in [0, 0.1) is 11.6 Å². The number of benzene rings is 2. The SMILES string of the molecule is CNC(c1c(F)cccc1F)c1cccc2nccnc12. The van der Waals surface area contributed by atoms with E-state index in [1.807, 2.05) is 6.07 Å². The molecule has 0 spiro atoms. The van der Waals surface area contributed by atoms with Crippen LogP contribution in [-0.2, 0) is 0 Å². The van der Waals surface area contributed by atoms with Crippen LogP contribution >= 0.6 is 0 Å². The van der Waals surface area contributed by atoms with E-state index in [0.29, 0.717) is 16.6 Å².